The highest BCUT2D eigenvalue weighted by atomic mass is 127. The van der Waals surface area contributed by atoms with Crippen LogP contribution in [0.2, 0.25) is 0 Å². The van der Waals surface area contributed by atoms with Gasteiger partial charge in [-0.3, -0.25) is 0 Å². The van der Waals surface area contributed by atoms with Crippen LogP contribution in [-0.4, -0.2) is 35.5 Å². The maximum atomic E-state index is 15.2. The standard InChI is InChI=1S/C22H27F2IN2O3/c1-21(2,3)30-20(29)27-19(22(23,24)16-9-5-4-6-10-16)18(28)14-26-13-15-8-7-11-17(25)12-15/h4-12,18-19,26,28H,13-14H2,1-3H3,(H,27,29)/t18-,19-/m1/s1. The number of amides is 1. The van der Waals surface area contributed by atoms with Crippen molar-refractivity contribution in [3.8, 4) is 0 Å². The zero-order chi connectivity index (χ0) is 22.4. The molecule has 0 saturated heterocycles. The first kappa shape index (κ1) is 24.5. The van der Waals surface area contributed by atoms with E-state index >= 15 is 8.78 Å². The molecule has 0 radical (unpaired) electrons. The second kappa shape index (κ2) is 10.5. The van der Waals surface area contributed by atoms with Crippen LogP contribution in [0.4, 0.5) is 13.6 Å². The molecule has 0 fully saturated rings. The predicted molar refractivity (Wildman–Crippen MR) is 120 cm³/mol. The Balaban J connectivity index is 2.13. The van der Waals surface area contributed by atoms with Crippen LogP contribution in [0.5, 0.6) is 0 Å². The molecule has 0 aliphatic carbocycles. The van der Waals surface area contributed by atoms with E-state index in [1.165, 1.54) is 24.3 Å². The lowest BCUT2D eigenvalue weighted by molar-refractivity contribution is -0.0848. The number of hydrogen-bond acceptors (Lipinski definition) is 4. The largest absolute Gasteiger partial charge is 0.444 e. The number of benzene rings is 2. The molecule has 3 N–H and O–H groups in total. The van der Waals surface area contributed by atoms with Gasteiger partial charge < -0.3 is 20.5 Å². The van der Waals surface area contributed by atoms with Crippen molar-refractivity contribution in [2.24, 2.45) is 0 Å². The van der Waals surface area contributed by atoms with Crippen LogP contribution in [-0.2, 0) is 17.2 Å². The van der Waals surface area contributed by atoms with Gasteiger partial charge in [-0.05, 0) is 61.1 Å². The number of aliphatic hydroxyl groups is 1. The lowest BCUT2D eigenvalue weighted by atomic mass is 9.96. The quantitative estimate of drug-likeness (QED) is 0.441. The van der Waals surface area contributed by atoms with Crippen molar-refractivity contribution in [2.75, 3.05) is 6.54 Å². The van der Waals surface area contributed by atoms with Gasteiger partial charge in [0.2, 0.25) is 0 Å². The zero-order valence-electron chi connectivity index (χ0n) is 17.2. The van der Waals surface area contributed by atoms with E-state index in [9.17, 15) is 9.90 Å². The molecule has 0 unspecified atom stereocenters. The molecule has 2 rings (SSSR count). The molecule has 8 heteroatoms. The van der Waals surface area contributed by atoms with Crippen molar-refractivity contribution in [2.45, 2.75) is 51.0 Å². The Morgan fingerprint density at radius 3 is 2.40 bits per heavy atom. The zero-order valence-corrected chi connectivity index (χ0v) is 19.3. The van der Waals surface area contributed by atoms with Gasteiger partial charge in [0.1, 0.15) is 11.6 Å². The van der Waals surface area contributed by atoms with Crippen LogP contribution >= 0.6 is 22.6 Å². The van der Waals surface area contributed by atoms with E-state index in [0.717, 1.165) is 9.13 Å². The highest BCUT2D eigenvalue weighted by molar-refractivity contribution is 14.1. The normalized spacial score (nSPS) is 14.1. The summed E-state index contributed by atoms with van der Waals surface area (Å²) in [6.07, 6.45) is -2.57. The highest BCUT2D eigenvalue weighted by Crippen LogP contribution is 2.33. The van der Waals surface area contributed by atoms with Crippen LogP contribution in [0.25, 0.3) is 0 Å². The number of alkyl halides is 2. The molecule has 2 atom stereocenters. The summed E-state index contributed by atoms with van der Waals surface area (Å²) < 4.78 is 36.6. The highest BCUT2D eigenvalue weighted by Gasteiger charge is 2.46. The lowest BCUT2D eigenvalue weighted by Gasteiger charge is -2.32. The van der Waals surface area contributed by atoms with E-state index in [2.05, 4.69) is 33.2 Å². The maximum Gasteiger partial charge on any atom is 0.408 e. The summed E-state index contributed by atoms with van der Waals surface area (Å²) in [7, 11) is 0. The van der Waals surface area contributed by atoms with Crippen LogP contribution in [0.1, 0.15) is 31.9 Å². The van der Waals surface area contributed by atoms with Crippen molar-refractivity contribution < 1.29 is 23.4 Å². The van der Waals surface area contributed by atoms with Gasteiger partial charge in [-0.25, -0.2) is 4.79 Å². The molecule has 0 heterocycles. The minimum Gasteiger partial charge on any atom is -0.444 e. The molecule has 30 heavy (non-hydrogen) atoms. The van der Waals surface area contributed by atoms with Gasteiger partial charge >= 0.3 is 6.09 Å². The first-order chi connectivity index (χ1) is 14.0. The third kappa shape index (κ3) is 7.48. The first-order valence-corrected chi connectivity index (χ1v) is 10.6. The Bertz CT molecular complexity index is 829. The van der Waals surface area contributed by atoms with Gasteiger partial charge in [-0.15, -0.1) is 0 Å². The van der Waals surface area contributed by atoms with Crippen molar-refractivity contribution >= 4 is 28.7 Å². The van der Waals surface area contributed by atoms with Crippen LogP contribution in [0.3, 0.4) is 0 Å². The smallest absolute Gasteiger partial charge is 0.408 e. The summed E-state index contributed by atoms with van der Waals surface area (Å²) in [6, 6.07) is 12.9. The summed E-state index contributed by atoms with van der Waals surface area (Å²) in [5.74, 6) is -3.51. The second-order valence-electron chi connectivity index (χ2n) is 7.94. The minimum atomic E-state index is -3.51. The van der Waals surface area contributed by atoms with E-state index in [-0.39, 0.29) is 12.1 Å². The summed E-state index contributed by atoms with van der Waals surface area (Å²) >= 11 is 2.18. The Kier molecular flexibility index (Phi) is 8.57. The fourth-order valence-electron chi connectivity index (χ4n) is 2.83. The molecular formula is C22H27F2IN2O3. The molecule has 0 saturated carbocycles. The fourth-order valence-corrected chi connectivity index (χ4v) is 3.44. The Morgan fingerprint density at radius 2 is 1.80 bits per heavy atom. The van der Waals surface area contributed by atoms with Gasteiger partial charge in [0.15, 0.2) is 0 Å². The van der Waals surface area contributed by atoms with Crippen molar-refractivity contribution in [3.63, 3.8) is 0 Å². The molecule has 0 aliphatic rings. The summed E-state index contributed by atoms with van der Waals surface area (Å²) in [6.45, 7) is 5.15. The van der Waals surface area contributed by atoms with Crippen molar-refractivity contribution in [3.05, 3.63) is 69.3 Å². The van der Waals surface area contributed by atoms with Gasteiger partial charge in [0.25, 0.3) is 5.92 Å². The number of carbonyl (C=O) groups excluding carboxylic acids is 1. The van der Waals surface area contributed by atoms with Gasteiger partial charge in [-0.2, -0.15) is 8.78 Å². The van der Waals surface area contributed by atoms with E-state index in [1.54, 1.807) is 26.8 Å². The van der Waals surface area contributed by atoms with Crippen LogP contribution in [0, 0.1) is 3.57 Å². The first-order valence-electron chi connectivity index (χ1n) is 9.55. The number of nitrogens with one attached hydrogen (secondary N) is 2. The second-order valence-corrected chi connectivity index (χ2v) is 9.19. The monoisotopic (exact) mass is 532 g/mol. The van der Waals surface area contributed by atoms with Gasteiger partial charge in [0.05, 0.1) is 6.10 Å². The number of carbonyl (C=O) groups is 1. The van der Waals surface area contributed by atoms with E-state index in [0.29, 0.717) is 6.54 Å². The van der Waals surface area contributed by atoms with Crippen LogP contribution in [0.15, 0.2) is 54.6 Å². The number of ether oxygens (including phenoxy) is 1. The Morgan fingerprint density at radius 1 is 1.13 bits per heavy atom. The number of alkyl carbamates (subject to hydrolysis) is 1. The van der Waals surface area contributed by atoms with E-state index in [4.69, 9.17) is 4.74 Å². The summed E-state index contributed by atoms with van der Waals surface area (Å²) in [5, 5.41) is 15.7. The summed E-state index contributed by atoms with van der Waals surface area (Å²) in [5.41, 5.74) is -0.201. The van der Waals surface area contributed by atoms with E-state index < -0.39 is 29.8 Å². The molecule has 164 valence electrons. The predicted octanol–water partition coefficient (Wildman–Crippen LogP) is 4.43. The third-order valence-electron chi connectivity index (χ3n) is 4.18. The number of hydrogen-bond donors (Lipinski definition) is 3. The Labute approximate surface area is 189 Å². The molecule has 0 aromatic heterocycles. The summed E-state index contributed by atoms with van der Waals surface area (Å²) in [4.78, 5) is 12.2. The topological polar surface area (TPSA) is 70.6 Å². The van der Waals surface area contributed by atoms with Crippen molar-refractivity contribution in [1.82, 2.24) is 10.6 Å². The molecule has 2 aromatic carbocycles. The van der Waals surface area contributed by atoms with Crippen LogP contribution < -0.4 is 10.6 Å². The molecule has 5 nitrogen and oxygen atoms in total. The SMILES string of the molecule is CC(C)(C)OC(=O)N[C@H]([C@H](O)CNCc1cccc(I)c1)C(F)(F)c1ccccc1. The van der Waals surface area contributed by atoms with E-state index in [1.807, 2.05) is 24.3 Å². The van der Waals surface area contributed by atoms with Gasteiger partial charge in [-0.1, -0.05) is 42.5 Å². The number of aliphatic hydroxyl groups excluding tert-OH is 1. The average Bonchev–Trinajstić information content (AvgIpc) is 2.65. The molecule has 2 aromatic rings. The minimum absolute atomic E-state index is 0.144. The number of halogens is 3. The fraction of sp³-hybridized carbons (Fsp3) is 0.409. The Hall–Kier alpha value is -1.78. The molecule has 0 bridgehead atoms. The lowest BCUT2D eigenvalue weighted by Crippen LogP contribution is -2.56. The average molecular weight is 532 g/mol. The molecule has 0 spiro atoms. The number of rotatable bonds is 8. The van der Waals surface area contributed by atoms with Crippen molar-refractivity contribution in [1.29, 1.82) is 0 Å². The third-order valence-corrected chi connectivity index (χ3v) is 4.85. The molecule has 1 amide bonds. The van der Waals surface area contributed by atoms with Gasteiger partial charge in [0, 0.05) is 22.2 Å². The molecule has 0 aliphatic heterocycles. The molecular weight excluding hydrogens is 505 g/mol. The maximum absolute atomic E-state index is 15.2.